The van der Waals surface area contributed by atoms with Gasteiger partial charge in [-0.25, -0.2) is 0 Å². The van der Waals surface area contributed by atoms with Crippen LogP contribution >= 0.6 is 0 Å². The Hall–Kier alpha value is -2.06. The average Bonchev–Trinajstić information content (AvgIpc) is 2.94. The van der Waals surface area contributed by atoms with Crippen molar-refractivity contribution in [1.82, 2.24) is 5.32 Å². The third kappa shape index (κ3) is 4.27. The average molecular weight is 262 g/mol. The maximum atomic E-state index is 11.8. The molecule has 2 N–H and O–H groups in total. The van der Waals surface area contributed by atoms with Crippen molar-refractivity contribution < 1.29 is 14.3 Å². The summed E-state index contributed by atoms with van der Waals surface area (Å²) in [5.74, 6) is -0.0767. The number of aliphatic hydroxyl groups is 1. The van der Waals surface area contributed by atoms with Crippen molar-refractivity contribution in [3.8, 4) is 6.07 Å². The van der Waals surface area contributed by atoms with Gasteiger partial charge in [0.25, 0.3) is 5.91 Å². The SMILES string of the molecule is CCC(O)(CC)CNC(=O)C(C#N)=Cc1ccco1. The van der Waals surface area contributed by atoms with Crippen LogP contribution in [0.3, 0.4) is 0 Å². The van der Waals surface area contributed by atoms with Gasteiger partial charge in [0, 0.05) is 12.6 Å². The maximum absolute atomic E-state index is 11.8. The number of nitrogens with one attached hydrogen (secondary N) is 1. The summed E-state index contributed by atoms with van der Waals surface area (Å²) in [4.78, 5) is 11.8. The summed E-state index contributed by atoms with van der Waals surface area (Å²) in [7, 11) is 0. The van der Waals surface area contributed by atoms with Crippen molar-refractivity contribution in [2.45, 2.75) is 32.3 Å². The van der Waals surface area contributed by atoms with Gasteiger partial charge in [0.2, 0.25) is 0 Å². The largest absolute Gasteiger partial charge is 0.465 e. The molecule has 0 saturated carbocycles. The highest BCUT2D eigenvalue weighted by atomic mass is 16.3. The topological polar surface area (TPSA) is 86.3 Å². The van der Waals surface area contributed by atoms with E-state index in [1.165, 1.54) is 12.3 Å². The van der Waals surface area contributed by atoms with Crippen LogP contribution < -0.4 is 5.32 Å². The maximum Gasteiger partial charge on any atom is 0.262 e. The van der Waals surface area contributed by atoms with Gasteiger partial charge in [0.05, 0.1) is 11.9 Å². The predicted octanol–water partition coefficient (Wildman–Crippen LogP) is 1.85. The van der Waals surface area contributed by atoms with E-state index < -0.39 is 11.5 Å². The van der Waals surface area contributed by atoms with E-state index in [4.69, 9.17) is 9.68 Å². The van der Waals surface area contributed by atoms with E-state index in [1.54, 1.807) is 12.1 Å². The second kappa shape index (κ2) is 6.76. The number of carbonyl (C=O) groups excluding carboxylic acids is 1. The lowest BCUT2D eigenvalue weighted by Gasteiger charge is -2.25. The van der Waals surface area contributed by atoms with E-state index in [-0.39, 0.29) is 12.1 Å². The zero-order valence-corrected chi connectivity index (χ0v) is 11.1. The Bertz CT molecular complexity index is 479. The third-order valence-electron chi connectivity index (χ3n) is 3.09. The molecule has 0 aromatic carbocycles. The normalized spacial score (nSPS) is 12.0. The molecule has 5 heteroatoms. The molecule has 1 rings (SSSR count). The van der Waals surface area contributed by atoms with Gasteiger partial charge in [-0.1, -0.05) is 13.8 Å². The first-order valence-electron chi connectivity index (χ1n) is 6.20. The van der Waals surface area contributed by atoms with Gasteiger partial charge in [0.1, 0.15) is 17.4 Å². The number of hydrogen-bond donors (Lipinski definition) is 2. The van der Waals surface area contributed by atoms with E-state index in [0.717, 1.165) is 0 Å². The van der Waals surface area contributed by atoms with Gasteiger partial charge in [-0.3, -0.25) is 4.79 Å². The van der Waals surface area contributed by atoms with Crippen LogP contribution in [0.2, 0.25) is 0 Å². The number of hydrogen-bond acceptors (Lipinski definition) is 4. The molecule has 19 heavy (non-hydrogen) atoms. The van der Waals surface area contributed by atoms with Crippen LogP contribution in [0.5, 0.6) is 0 Å². The van der Waals surface area contributed by atoms with Crippen LogP contribution in [0.4, 0.5) is 0 Å². The monoisotopic (exact) mass is 262 g/mol. The van der Waals surface area contributed by atoms with E-state index in [2.05, 4.69) is 5.32 Å². The smallest absolute Gasteiger partial charge is 0.262 e. The molecule has 5 nitrogen and oxygen atoms in total. The minimum atomic E-state index is -0.930. The molecular formula is C14H18N2O3. The third-order valence-corrected chi connectivity index (χ3v) is 3.09. The highest BCUT2D eigenvalue weighted by Crippen LogP contribution is 2.13. The quantitative estimate of drug-likeness (QED) is 0.605. The predicted molar refractivity (Wildman–Crippen MR) is 70.8 cm³/mol. The summed E-state index contributed by atoms with van der Waals surface area (Å²) in [6, 6.07) is 5.14. The molecule has 1 aromatic rings. The summed E-state index contributed by atoms with van der Waals surface area (Å²) in [6.45, 7) is 3.81. The first-order chi connectivity index (χ1) is 9.04. The number of rotatable bonds is 6. The van der Waals surface area contributed by atoms with Gasteiger partial charge < -0.3 is 14.8 Å². The number of nitriles is 1. The first-order valence-corrected chi connectivity index (χ1v) is 6.20. The first kappa shape index (κ1) is 15.0. The van der Waals surface area contributed by atoms with E-state index in [1.807, 2.05) is 19.9 Å². The Labute approximate surface area is 112 Å². The van der Waals surface area contributed by atoms with Crippen molar-refractivity contribution in [2.75, 3.05) is 6.54 Å². The molecule has 0 bridgehead atoms. The van der Waals surface area contributed by atoms with E-state index >= 15 is 0 Å². The molecule has 1 aromatic heterocycles. The number of nitrogens with zero attached hydrogens (tertiary/aromatic N) is 1. The van der Waals surface area contributed by atoms with Crippen LogP contribution in [0.1, 0.15) is 32.4 Å². The van der Waals surface area contributed by atoms with Crippen LogP contribution in [-0.2, 0) is 4.79 Å². The van der Waals surface area contributed by atoms with Gasteiger partial charge in [-0.2, -0.15) is 5.26 Å². The molecule has 1 heterocycles. The van der Waals surface area contributed by atoms with Gasteiger partial charge in [-0.15, -0.1) is 0 Å². The molecule has 102 valence electrons. The van der Waals surface area contributed by atoms with Crippen LogP contribution in [0, 0.1) is 11.3 Å². The van der Waals surface area contributed by atoms with Crippen molar-refractivity contribution in [1.29, 1.82) is 5.26 Å². The zero-order chi connectivity index (χ0) is 14.3. The minimum Gasteiger partial charge on any atom is -0.465 e. The van der Waals surface area contributed by atoms with Crippen molar-refractivity contribution in [3.05, 3.63) is 29.7 Å². The van der Waals surface area contributed by atoms with E-state index in [0.29, 0.717) is 18.6 Å². The molecule has 0 spiro atoms. The Morgan fingerprint density at radius 3 is 2.74 bits per heavy atom. The summed E-state index contributed by atoms with van der Waals surface area (Å²) in [5.41, 5.74) is -0.981. The Morgan fingerprint density at radius 1 is 1.58 bits per heavy atom. The standard InChI is InChI=1S/C14H18N2O3/c1-3-14(18,4-2)10-16-13(17)11(9-15)8-12-6-5-7-19-12/h5-8,18H,3-4,10H2,1-2H3,(H,16,17). The molecular weight excluding hydrogens is 244 g/mol. The van der Waals surface area contributed by atoms with Gasteiger partial charge in [0.15, 0.2) is 0 Å². The summed E-state index contributed by atoms with van der Waals surface area (Å²) in [6.07, 6.45) is 3.90. The Balaban J connectivity index is 2.69. The summed E-state index contributed by atoms with van der Waals surface area (Å²) < 4.78 is 5.05. The fourth-order valence-corrected chi connectivity index (χ4v) is 1.50. The molecule has 0 radical (unpaired) electrons. The molecule has 0 aliphatic heterocycles. The lowest BCUT2D eigenvalue weighted by molar-refractivity contribution is -0.118. The second-order valence-electron chi connectivity index (χ2n) is 4.30. The van der Waals surface area contributed by atoms with Gasteiger partial charge in [-0.05, 0) is 25.0 Å². The lowest BCUT2D eigenvalue weighted by atomic mass is 9.97. The molecule has 0 aliphatic rings. The Morgan fingerprint density at radius 2 is 2.26 bits per heavy atom. The fraction of sp³-hybridized carbons (Fsp3) is 0.429. The second-order valence-corrected chi connectivity index (χ2v) is 4.30. The molecule has 0 saturated heterocycles. The highest BCUT2D eigenvalue weighted by molar-refractivity contribution is 6.01. The lowest BCUT2D eigenvalue weighted by Crippen LogP contribution is -2.42. The zero-order valence-electron chi connectivity index (χ0n) is 11.1. The number of carbonyl (C=O) groups is 1. The number of furan rings is 1. The van der Waals surface area contributed by atoms with Crippen LogP contribution in [-0.4, -0.2) is 23.2 Å². The van der Waals surface area contributed by atoms with Gasteiger partial charge >= 0.3 is 0 Å². The van der Waals surface area contributed by atoms with E-state index in [9.17, 15) is 9.90 Å². The minimum absolute atomic E-state index is 0.0514. The highest BCUT2D eigenvalue weighted by Gasteiger charge is 2.23. The van der Waals surface area contributed by atoms with Crippen molar-refractivity contribution in [2.24, 2.45) is 0 Å². The van der Waals surface area contributed by atoms with Crippen molar-refractivity contribution in [3.63, 3.8) is 0 Å². The molecule has 1 amide bonds. The molecule has 0 aliphatic carbocycles. The Kier molecular flexibility index (Phi) is 5.34. The van der Waals surface area contributed by atoms with Crippen LogP contribution in [0.25, 0.3) is 6.08 Å². The molecule has 0 fully saturated rings. The van der Waals surface area contributed by atoms with Crippen molar-refractivity contribution >= 4 is 12.0 Å². The number of amides is 1. The summed E-state index contributed by atoms with van der Waals surface area (Å²) in [5, 5.41) is 21.6. The fourth-order valence-electron chi connectivity index (χ4n) is 1.50. The summed E-state index contributed by atoms with van der Waals surface area (Å²) >= 11 is 0. The molecule has 0 atom stereocenters. The van der Waals surface area contributed by atoms with Crippen LogP contribution in [0.15, 0.2) is 28.4 Å². The molecule has 0 unspecified atom stereocenters.